The maximum Gasteiger partial charge on any atom is 0.344 e. The topological polar surface area (TPSA) is 78.9 Å². The minimum atomic E-state index is -0.616. The van der Waals surface area contributed by atoms with Gasteiger partial charge in [0.2, 0.25) is 0 Å². The van der Waals surface area contributed by atoms with Gasteiger partial charge >= 0.3 is 17.9 Å². The molecule has 0 radical (unpaired) electrons. The minimum Gasteiger partial charge on any atom is -0.458 e. The SMILES string of the molecule is C=C(C)C(=O)OCC(=O)OC1C2CC3CC4C(=O)OC1C34C2. The first-order chi connectivity index (χ1) is 10.4. The van der Waals surface area contributed by atoms with E-state index in [0.29, 0.717) is 5.92 Å². The highest BCUT2D eigenvalue weighted by Crippen LogP contribution is 2.74. The maximum absolute atomic E-state index is 11.9. The molecule has 4 fully saturated rings. The number of fused-ring (bicyclic) bond motifs is 1. The molecular weight excluding hydrogens is 288 g/mol. The third kappa shape index (κ3) is 1.58. The van der Waals surface area contributed by atoms with E-state index in [1.807, 2.05) is 0 Å². The van der Waals surface area contributed by atoms with Crippen LogP contribution in [0.3, 0.4) is 0 Å². The number of carbonyl (C=O) groups excluding carboxylic acids is 3. The molecule has 4 aliphatic rings. The Morgan fingerprint density at radius 1 is 1.41 bits per heavy atom. The number of esters is 3. The van der Waals surface area contributed by atoms with Crippen LogP contribution in [-0.2, 0) is 28.6 Å². The molecule has 6 heteroatoms. The van der Waals surface area contributed by atoms with Crippen LogP contribution >= 0.6 is 0 Å². The van der Waals surface area contributed by atoms with Gasteiger partial charge in [0.1, 0.15) is 12.2 Å². The van der Waals surface area contributed by atoms with Crippen LogP contribution in [0.25, 0.3) is 0 Å². The van der Waals surface area contributed by atoms with E-state index in [4.69, 9.17) is 14.2 Å². The van der Waals surface area contributed by atoms with Crippen LogP contribution in [-0.4, -0.2) is 36.7 Å². The van der Waals surface area contributed by atoms with Crippen LogP contribution in [0.2, 0.25) is 0 Å². The van der Waals surface area contributed by atoms with E-state index in [9.17, 15) is 14.4 Å². The standard InChI is InChI=1S/C16H18O6/c1-7(2)14(18)20-6-11(17)21-12-8-3-9-4-10-15(19)22-13(12)16(9,10)5-8/h8-10,12-13H,1,3-6H2,2H3. The van der Waals surface area contributed by atoms with Crippen LogP contribution in [0, 0.1) is 23.2 Å². The first-order valence-corrected chi connectivity index (χ1v) is 7.66. The van der Waals surface area contributed by atoms with Gasteiger partial charge in [-0.05, 0) is 32.1 Å². The van der Waals surface area contributed by atoms with Gasteiger partial charge in [0.15, 0.2) is 6.61 Å². The predicted molar refractivity (Wildman–Crippen MR) is 72.3 cm³/mol. The lowest BCUT2D eigenvalue weighted by atomic mass is 9.53. The number of hydrogen-bond donors (Lipinski definition) is 0. The molecular formula is C16H18O6. The fourth-order valence-corrected chi connectivity index (χ4v) is 5.02. The predicted octanol–water partition coefficient (Wildman–Crippen LogP) is 0.989. The quantitative estimate of drug-likeness (QED) is 0.438. The lowest BCUT2D eigenvalue weighted by Gasteiger charge is -2.48. The molecule has 0 aromatic rings. The average molecular weight is 306 g/mol. The highest BCUT2D eigenvalue weighted by molar-refractivity contribution is 5.88. The van der Waals surface area contributed by atoms with Crippen LogP contribution in [0.5, 0.6) is 0 Å². The second-order valence-electron chi connectivity index (χ2n) is 6.97. The van der Waals surface area contributed by atoms with Crippen molar-refractivity contribution in [2.75, 3.05) is 6.61 Å². The average Bonchev–Trinajstić information content (AvgIpc) is 3.00. The maximum atomic E-state index is 11.9. The summed E-state index contributed by atoms with van der Waals surface area (Å²) in [5, 5.41) is 0. The van der Waals surface area contributed by atoms with Crippen molar-refractivity contribution in [1.29, 1.82) is 0 Å². The zero-order chi connectivity index (χ0) is 15.6. The Labute approximate surface area is 127 Å². The van der Waals surface area contributed by atoms with Crippen LogP contribution in [0.15, 0.2) is 12.2 Å². The molecule has 1 spiro atoms. The Balaban J connectivity index is 1.40. The van der Waals surface area contributed by atoms with E-state index in [1.54, 1.807) is 0 Å². The van der Waals surface area contributed by atoms with Crippen LogP contribution < -0.4 is 0 Å². The molecule has 0 N–H and O–H groups in total. The van der Waals surface area contributed by atoms with E-state index in [1.165, 1.54) is 6.92 Å². The lowest BCUT2D eigenvalue weighted by molar-refractivity contribution is -0.174. The van der Waals surface area contributed by atoms with E-state index in [-0.39, 0.29) is 41.0 Å². The number of hydrogen-bond acceptors (Lipinski definition) is 6. The van der Waals surface area contributed by atoms with Crippen molar-refractivity contribution in [1.82, 2.24) is 0 Å². The second-order valence-corrected chi connectivity index (χ2v) is 6.97. The Kier molecular flexibility index (Phi) is 2.72. The van der Waals surface area contributed by atoms with Crippen molar-refractivity contribution in [3.63, 3.8) is 0 Å². The molecule has 0 amide bonds. The molecule has 1 heterocycles. The van der Waals surface area contributed by atoms with Gasteiger partial charge in [-0.3, -0.25) is 4.79 Å². The molecule has 0 aromatic heterocycles. The van der Waals surface area contributed by atoms with Crippen molar-refractivity contribution < 1.29 is 28.6 Å². The smallest absolute Gasteiger partial charge is 0.344 e. The van der Waals surface area contributed by atoms with Crippen LogP contribution in [0.1, 0.15) is 26.2 Å². The molecule has 0 aromatic carbocycles. The minimum absolute atomic E-state index is 0.00237. The Morgan fingerprint density at radius 2 is 2.18 bits per heavy atom. The normalized spacial score (nSPS) is 43.1. The fourth-order valence-electron chi connectivity index (χ4n) is 5.02. The molecule has 1 aliphatic heterocycles. The van der Waals surface area contributed by atoms with Gasteiger partial charge in [-0.15, -0.1) is 0 Å². The first-order valence-electron chi connectivity index (χ1n) is 7.66. The van der Waals surface area contributed by atoms with Crippen molar-refractivity contribution >= 4 is 17.9 Å². The largest absolute Gasteiger partial charge is 0.458 e. The third-order valence-electron chi connectivity index (χ3n) is 5.89. The number of rotatable bonds is 4. The zero-order valence-corrected chi connectivity index (χ0v) is 12.4. The van der Waals surface area contributed by atoms with Crippen molar-refractivity contribution in [3.8, 4) is 0 Å². The molecule has 3 saturated carbocycles. The molecule has 1 saturated heterocycles. The summed E-state index contributed by atoms with van der Waals surface area (Å²) in [7, 11) is 0. The molecule has 6 unspecified atom stereocenters. The van der Waals surface area contributed by atoms with Crippen molar-refractivity contribution in [2.45, 2.75) is 38.4 Å². The molecule has 22 heavy (non-hydrogen) atoms. The molecule has 118 valence electrons. The first kappa shape index (κ1) is 13.8. The molecule has 6 atom stereocenters. The highest BCUT2D eigenvalue weighted by atomic mass is 16.6. The Bertz CT molecular complexity index is 595. The Hall–Kier alpha value is -1.85. The fraction of sp³-hybridized carbons (Fsp3) is 0.688. The van der Waals surface area contributed by atoms with Gasteiger partial charge in [0.05, 0.1) is 5.92 Å². The van der Waals surface area contributed by atoms with Gasteiger partial charge in [0.25, 0.3) is 0 Å². The van der Waals surface area contributed by atoms with Gasteiger partial charge in [-0.1, -0.05) is 6.58 Å². The van der Waals surface area contributed by atoms with Gasteiger partial charge in [-0.2, -0.15) is 0 Å². The van der Waals surface area contributed by atoms with E-state index < -0.39 is 18.5 Å². The lowest BCUT2D eigenvalue weighted by Crippen LogP contribution is -2.53. The summed E-state index contributed by atoms with van der Waals surface area (Å²) in [6, 6.07) is 0. The summed E-state index contributed by atoms with van der Waals surface area (Å²) < 4.78 is 15.8. The summed E-state index contributed by atoms with van der Waals surface area (Å²) >= 11 is 0. The highest BCUT2D eigenvalue weighted by Gasteiger charge is 2.78. The van der Waals surface area contributed by atoms with Gasteiger partial charge < -0.3 is 14.2 Å². The summed E-state index contributed by atoms with van der Waals surface area (Å²) in [6.45, 7) is 4.52. The van der Waals surface area contributed by atoms with Crippen LogP contribution in [0.4, 0.5) is 0 Å². The summed E-state index contributed by atoms with van der Waals surface area (Å²) in [5.41, 5.74) is 0.151. The summed E-state index contributed by atoms with van der Waals surface area (Å²) in [4.78, 5) is 35.1. The monoisotopic (exact) mass is 306 g/mol. The molecule has 4 rings (SSSR count). The van der Waals surface area contributed by atoms with Gasteiger partial charge in [-0.25, -0.2) is 9.59 Å². The van der Waals surface area contributed by atoms with E-state index in [0.717, 1.165) is 19.3 Å². The summed E-state index contributed by atoms with van der Waals surface area (Å²) in [6.07, 6.45) is 2.13. The third-order valence-corrected chi connectivity index (χ3v) is 5.89. The Morgan fingerprint density at radius 3 is 2.91 bits per heavy atom. The van der Waals surface area contributed by atoms with Gasteiger partial charge in [0, 0.05) is 16.9 Å². The van der Waals surface area contributed by atoms with E-state index in [2.05, 4.69) is 6.58 Å². The number of ether oxygens (including phenoxy) is 3. The van der Waals surface area contributed by atoms with Crippen molar-refractivity contribution in [3.05, 3.63) is 12.2 Å². The van der Waals surface area contributed by atoms with E-state index >= 15 is 0 Å². The summed E-state index contributed by atoms with van der Waals surface area (Å²) in [5.74, 6) is -0.563. The van der Waals surface area contributed by atoms with Crippen molar-refractivity contribution in [2.24, 2.45) is 23.2 Å². The molecule has 2 bridgehead atoms. The second kappa shape index (κ2) is 4.33. The number of carbonyl (C=O) groups is 3. The zero-order valence-electron chi connectivity index (χ0n) is 12.4. The molecule has 6 nitrogen and oxygen atoms in total. The molecule has 3 aliphatic carbocycles.